The van der Waals surface area contributed by atoms with Gasteiger partial charge in [-0.3, -0.25) is 4.99 Å². The summed E-state index contributed by atoms with van der Waals surface area (Å²) < 4.78 is 0. The first kappa shape index (κ1) is 9.83. The first-order chi connectivity index (χ1) is 7.25. The molecule has 80 valence electrons. The van der Waals surface area contributed by atoms with Crippen LogP contribution in [0.4, 0.5) is 5.69 Å². The molecule has 15 heavy (non-hydrogen) atoms. The summed E-state index contributed by atoms with van der Waals surface area (Å²) in [4.78, 5) is 6.38. The van der Waals surface area contributed by atoms with Crippen LogP contribution in [0.1, 0.15) is 0 Å². The summed E-state index contributed by atoms with van der Waals surface area (Å²) in [6.07, 6.45) is 0. The summed E-state index contributed by atoms with van der Waals surface area (Å²) in [5.74, 6) is 1.31. The summed E-state index contributed by atoms with van der Waals surface area (Å²) >= 11 is 0. The van der Waals surface area contributed by atoms with Crippen molar-refractivity contribution in [3.8, 4) is 5.75 Å². The highest BCUT2D eigenvalue weighted by Crippen LogP contribution is 2.18. The number of hydrogen-bond acceptors (Lipinski definition) is 4. The third-order valence-corrected chi connectivity index (χ3v) is 2.40. The first-order valence-corrected chi connectivity index (χ1v) is 5.03. The van der Waals surface area contributed by atoms with Crippen LogP contribution in [0.2, 0.25) is 0 Å². The van der Waals surface area contributed by atoms with Crippen molar-refractivity contribution in [1.29, 1.82) is 0 Å². The molecule has 0 radical (unpaired) electrons. The molecule has 0 aliphatic carbocycles. The zero-order valence-electron chi connectivity index (χ0n) is 8.77. The van der Waals surface area contributed by atoms with Crippen LogP contribution >= 0.6 is 0 Å². The summed E-state index contributed by atoms with van der Waals surface area (Å²) in [6, 6.07) is 7.22. The van der Waals surface area contributed by atoms with Gasteiger partial charge in [-0.15, -0.1) is 0 Å². The lowest BCUT2D eigenvalue weighted by atomic mass is 10.3. The van der Waals surface area contributed by atoms with E-state index in [1.54, 1.807) is 12.1 Å². The molecule has 1 heterocycles. The molecule has 0 spiro atoms. The van der Waals surface area contributed by atoms with E-state index in [1.807, 2.05) is 19.2 Å². The Kier molecular flexibility index (Phi) is 2.76. The molecule has 4 nitrogen and oxygen atoms in total. The van der Waals surface area contributed by atoms with Crippen molar-refractivity contribution in [1.82, 2.24) is 5.32 Å². The monoisotopic (exact) mass is 205 g/mol. The maximum atomic E-state index is 9.35. The van der Waals surface area contributed by atoms with Gasteiger partial charge in [-0.1, -0.05) is 6.07 Å². The quantitative estimate of drug-likeness (QED) is 0.768. The van der Waals surface area contributed by atoms with Gasteiger partial charge < -0.3 is 15.3 Å². The van der Waals surface area contributed by atoms with E-state index < -0.39 is 0 Å². The topological polar surface area (TPSA) is 47.9 Å². The molecule has 1 aromatic rings. The van der Waals surface area contributed by atoms with Crippen LogP contribution in [0, 0.1) is 0 Å². The second-order valence-electron chi connectivity index (χ2n) is 3.63. The lowest BCUT2D eigenvalue weighted by Gasteiger charge is -2.19. The average Bonchev–Trinajstić information content (AvgIpc) is 2.70. The molecular weight excluding hydrogens is 190 g/mol. The summed E-state index contributed by atoms with van der Waals surface area (Å²) in [5, 5.41) is 12.6. The molecule has 0 aromatic heterocycles. The number of nitrogens with one attached hydrogen (secondary N) is 1. The molecule has 0 saturated carbocycles. The number of hydrogen-bond donors (Lipinski definition) is 2. The van der Waals surface area contributed by atoms with Gasteiger partial charge >= 0.3 is 0 Å². The predicted molar refractivity (Wildman–Crippen MR) is 61.7 cm³/mol. The summed E-state index contributed by atoms with van der Waals surface area (Å²) in [6.45, 7) is 2.55. The van der Waals surface area contributed by atoms with Crippen molar-refractivity contribution >= 4 is 11.5 Å². The van der Waals surface area contributed by atoms with Crippen LogP contribution in [-0.4, -0.2) is 37.6 Å². The molecular formula is C11H15N3O. The summed E-state index contributed by atoms with van der Waals surface area (Å²) in [5.41, 5.74) is 0.992. The number of phenols is 1. The minimum atomic E-state index is 0.292. The van der Waals surface area contributed by atoms with Gasteiger partial charge in [-0.05, 0) is 12.1 Å². The maximum absolute atomic E-state index is 9.35. The van der Waals surface area contributed by atoms with Gasteiger partial charge in [0.15, 0.2) is 0 Å². The number of rotatable bonds is 3. The Labute approximate surface area is 89.2 Å². The number of benzene rings is 1. The van der Waals surface area contributed by atoms with E-state index in [-0.39, 0.29) is 0 Å². The molecule has 0 unspecified atom stereocenters. The predicted octanol–water partition coefficient (Wildman–Crippen LogP) is 0.830. The Morgan fingerprint density at radius 2 is 2.40 bits per heavy atom. The molecule has 0 atom stereocenters. The van der Waals surface area contributed by atoms with Gasteiger partial charge in [-0.25, -0.2) is 0 Å². The van der Waals surface area contributed by atoms with E-state index >= 15 is 0 Å². The van der Waals surface area contributed by atoms with Gasteiger partial charge in [0.25, 0.3) is 0 Å². The number of phenolic OH excluding ortho intramolecular Hbond substituents is 1. The van der Waals surface area contributed by atoms with E-state index in [9.17, 15) is 5.11 Å². The number of nitrogens with zero attached hydrogens (tertiary/aromatic N) is 2. The van der Waals surface area contributed by atoms with E-state index in [0.717, 1.165) is 31.2 Å². The average molecular weight is 205 g/mol. The number of aromatic hydroxyl groups is 1. The zero-order chi connectivity index (χ0) is 10.7. The Morgan fingerprint density at radius 3 is 3.07 bits per heavy atom. The molecule has 2 N–H and O–H groups in total. The van der Waals surface area contributed by atoms with Crippen molar-refractivity contribution in [2.45, 2.75) is 0 Å². The fourth-order valence-electron chi connectivity index (χ4n) is 1.60. The van der Waals surface area contributed by atoms with Gasteiger partial charge in [0, 0.05) is 25.3 Å². The maximum Gasteiger partial charge on any atom is 0.117 e. The van der Waals surface area contributed by atoms with Crippen molar-refractivity contribution < 1.29 is 5.11 Å². The van der Waals surface area contributed by atoms with Crippen LogP contribution in [-0.2, 0) is 0 Å². The molecule has 0 saturated heterocycles. The van der Waals surface area contributed by atoms with Gasteiger partial charge in [0.2, 0.25) is 0 Å². The molecule has 0 amide bonds. The minimum absolute atomic E-state index is 0.292. The van der Waals surface area contributed by atoms with Gasteiger partial charge in [0.1, 0.15) is 11.6 Å². The van der Waals surface area contributed by atoms with Crippen molar-refractivity contribution in [2.75, 3.05) is 31.6 Å². The second kappa shape index (κ2) is 4.21. The fraction of sp³-hybridized carbons (Fsp3) is 0.364. The molecule has 2 rings (SSSR count). The third kappa shape index (κ3) is 2.40. The first-order valence-electron chi connectivity index (χ1n) is 5.03. The fourth-order valence-corrected chi connectivity index (χ4v) is 1.60. The molecule has 1 aliphatic heterocycles. The number of amidine groups is 1. The van der Waals surface area contributed by atoms with Gasteiger partial charge in [0.05, 0.1) is 13.1 Å². The molecule has 0 bridgehead atoms. The lowest BCUT2D eigenvalue weighted by molar-refractivity contribution is 0.475. The highest BCUT2D eigenvalue weighted by molar-refractivity contribution is 5.87. The van der Waals surface area contributed by atoms with E-state index in [0.29, 0.717) is 5.75 Å². The van der Waals surface area contributed by atoms with Gasteiger partial charge in [-0.2, -0.15) is 0 Å². The van der Waals surface area contributed by atoms with E-state index in [2.05, 4.69) is 15.2 Å². The van der Waals surface area contributed by atoms with E-state index in [4.69, 9.17) is 0 Å². The summed E-state index contributed by atoms with van der Waals surface area (Å²) in [7, 11) is 1.98. The van der Waals surface area contributed by atoms with Crippen molar-refractivity contribution in [3.05, 3.63) is 24.3 Å². The molecule has 0 fully saturated rings. The SMILES string of the molecule is CN(CC1=NCCN1)c1cccc(O)c1. The van der Waals surface area contributed by atoms with Crippen LogP contribution in [0.25, 0.3) is 0 Å². The normalized spacial score (nSPS) is 14.6. The molecule has 1 aliphatic rings. The second-order valence-corrected chi connectivity index (χ2v) is 3.63. The number of anilines is 1. The van der Waals surface area contributed by atoms with Crippen molar-refractivity contribution in [3.63, 3.8) is 0 Å². The third-order valence-electron chi connectivity index (χ3n) is 2.40. The Morgan fingerprint density at radius 1 is 1.53 bits per heavy atom. The smallest absolute Gasteiger partial charge is 0.117 e. The standard InChI is InChI=1S/C11H15N3O/c1-14(8-11-12-5-6-13-11)9-3-2-4-10(15)7-9/h2-4,7,15H,5-6,8H2,1H3,(H,12,13). The van der Waals surface area contributed by atoms with Crippen LogP contribution in [0.5, 0.6) is 5.75 Å². The molecule has 4 heteroatoms. The van der Waals surface area contributed by atoms with E-state index in [1.165, 1.54) is 0 Å². The minimum Gasteiger partial charge on any atom is -0.508 e. The highest BCUT2D eigenvalue weighted by atomic mass is 16.3. The van der Waals surface area contributed by atoms with Crippen LogP contribution in [0.15, 0.2) is 29.3 Å². The Balaban J connectivity index is 2.04. The number of likely N-dealkylation sites (N-methyl/N-ethyl adjacent to an activating group) is 1. The van der Waals surface area contributed by atoms with Crippen LogP contribution < -0.4 is 10.2 Å². The van der Waals surface area contributed by atoms with Crippen molar-refractivity contribution in [2.24, 2.45) is 4.99 Å². The largest absolute Gasteiger partial charge is 0.508 e. The lowest BCUT2D eigenvalue weighted by Crippen LogP contribution is -2.32. The zero-order valence-corrected chi connectivity index (χ0v) is 8.77. The Hall–Kier alpha value is -1.71. The number of aliphatic imine (C=N–C) groups is 1. The van der Waals surface area contributed by atoms with Crippen LogP contribution in [0.3, 0.4) is 0 Å². The Bertz CT molecular complexity index is 376. The molecule has 1 aromatic carbocycles. The highest BCUT2D eigenvalue weighted by Gasteiger charge is 2.08.